The number of aromatic carboxylic acids is 1. The molecule has 2 amide bonds. The highest BCUT2D eigenvalue weighted by Gasteiger charge is 2.38. The fraction of sp³-hybridized carbons (Fsp3) is 0.250. The maximum atomic E-state index is 13.7. The molecule has 0 aliphatic carbocycles. The molecular weight excluding hydrogens is 1700 g/mol. The van der Waals surface area contributed by atoms with Gasteiger partial charge in [0.25, 0.3) is 11.8 Å². The van der Waals surface area contributed by atoms with Crippen molar-refractivity contribution in [2.24, 2.45) is 21.1 Å². The minimum atomic E-state index is -3.84. The Hall–Kier alpha value is -10.1. The molecule has 0 unspecified atom stereocenters. The summed E-state index contributed by atoms with van der Waals surface area (Å²) in [5.74, 6) is 1.02. The third kappa shape index (κ3) is 18.9. The lowest BCUT2D eigenvalue weighted by Crippen LogP contribution is -2.38. The van der Waals surface area contributed by atoms with Gasteiger partial charge < -0.3 is 38.8 Å². The summed E-state index contributed by atoms with van der Waals surface area (Å²) in [6, 6.07) is 31.6. The summed E-state index contributed by atoms with van der Waals surface area (Å²) in [6.07, 6.45) is 6.98. The van der Waals surface area contributed by atoms with Gasteiger partial charge in [0.1, 0.15) is 54.3 Å². The number of sulfonamides is 1. The number of alkyl halides is 2. The molecule has 0 saturated heterocycles. The molecule has 0 fully saturated rings. The number of methoxy groups -OCH3 is 3. The second-order valence-corrected chi connectivity index (χ2v) is 32.5. The van der Waals surface area contributed by atoms with Gasteiger partial charge in [0.2, 0.25) is 19.1 Å². The van der Waals surface area contributed by atoms with E-state index in [9.17, 15) is 40.7 Å². The van der Waals surface area contributed by atoms with E-state index in [-0.39, 0.29) is 60.9 Å². The molecule has 3 aliphatic heterocycles. The second kappa shape index (κ2) is 37.3. The van der Waals surface area contributed by atoms with Crippen molar-refractivity contribution in [1.29, 1.82) is 0 Å². The van der Waals surface area contributed by atoms with Gasteiger partial charge in [0, 0.05) is 163 Å². The van der Waals surface area contributed by atoms with Crippen LogP contribution in [0.1, 0.15) is 77.2 Å². The number of carboxylic acids is 1. The number of nitrogens with one attached hydrogen (secondary N) is 1. The van der Waals surface area contributed by atoms with Crippen molar-refractivity contribution in [3.05, 3.63) is 192 Å². The molecule has 15 rings (SSSR count). The fourth-order valence-electron chi connectivity index (χ4n) is 12.5. The van der Waals surface area contributed by atoms with Gasteiger partial charge in [0.05, 0.1) is 98.1 Å². The van der Waals surface area contributed by atoms with Crippen LogP contribution in [0.25, 0.3) is 84.6 Å². The normalized spacial score (nSPS) is 12.0. The van der Waals surface area contributed by atoms with Gasteiger partial charge in [-0.2, -0.15) is 30.6 Å². The topological polar surface area (TPSA) is 317 Å². The molecule has 0 atom stereocenters. The van der Waals surface area contributed by atoms with Crippen LogP contribution in [0, 0.1) is 0 Å². The number of hydrogen-bond donors (Lipinski definition) is 2. The predicted molar refractivity (Wildman–Crippen MR) is 442 cm³/mol. The first-order valence-corrected chi connectivity index (χ1v) is 41.4. The van der Waals surface area contributed by atoms with Gasteiger partial charge in [-0.25, -0.2) is 40.0 Å². The summed E-state index contributed by atoms with van der Waals surface area (Å²) < 4.78 is 106. The Bertz CT molecular complexity index is 5900. The quantitative estimate of drug-likeness (QED) is 0.0632. The Kier molecular flexibility index (Phi) is 27.8. The molecule has 39 heteroatoms. The van der Waals surface area contributed by atoms with Crippen molar-refractivity contribution >= 4 is 129 Å². The predicted octanol–water partition coefficient (Wildman–Crippen LogP) is 16.7. The largest absolute Gasteiger partial charge is 0.496 e. The number of ether oxygens (including phenoxy) is 6. The van der Waals surface area contributed by atoms with Gasteiger partial charge in [-0.3, -0.25) is 28.0 Å². The summed E-state index contributed by atoms with van der Waals surface area (Å²) in [7, 11) is 6.89. The lowest BCUT2D eigenvalue weighted by atomic mass is 9.98. The van der Waals surface area contributed by atoms with Crippen molar-refractivity contribution in [2.75, 3.05) is 59.5 Å². The number of hydrogen-bond acceptors (Lipinski definition) is 19. The number of carbonyl (C=O) groups is 3. The van der Waals surface area contributed by atoms with Crippen LogP contribution in [0.4, 0.5) is 4.39 Å². The van der Waals surface area contributed by atoms with Crippen LogP contribution in [0.5, 0.6) is 34.5 Å². The third-order valence-electron chi connectivity index (χ3n) is 17.5. The smallest absolute Gasteiger partial charge is 0.356 e. The number of carboxylic acid groups (broad SMARTS) is 1. The zero-order valence-electron chi connectivity index (χ0n) is 64.1. The number of amides is 2. The lowest BCUT2D eigenvalue weighted by molar-refractivity contribution is 0.0686. The molecule has 6 aromatic carbocycles. The number of carbonyl (C=O) groups excluding carboxylic acids is 2. The number of aromatic nitrogens is 12. The van der Waals surface area contributed by atoms with Crippen molar-refractivity contribution < 1.29 is 70.5 Å². The van der Waals surface area contributed by atoms with Crippen LogP contribution < -0.4 is 33.7 Å². The molecule has 6 aromatic heterocycles. The van der Waals surface area contributed by atoms with E-state index in [1.165, 1.54) is 24.9 Å². The highest BCUT2D eigenvalue weighted by molar-refractivity contribution is 8.13. The van der Waals surface area contributed by atoms with Crippen LogP contribution in [-0.4, -0.2) is 162 Å². The van der Waals surface area contributed by atoms with Crippen LogP contribution in [0.15, 0.2) is 128 Å². The van der Waals surface area contributed by atoms with Gasteiger partial charge in [-0.15, -0.1) is 11.6 Å². The van der Waals surface area contributed by atoms with Crippen LogP contribution in [0.3, 0.4) is 0 Å². The van der Waals surface area contributed by atoms with E-state index in [1.54, 1.807) is 118 Å². The summed E-state index contributed by atoms with van der Waals surface area (Å²) in [5, 5.41) is 42.2. The fourth-order valence-corrected chi connectivity index (χ4v) is 15.1. The first-order valence-electron chi connectivity index (χ1n) is 35.0. The Balaban J connectivity index is 0.000000173. The molecular formula is C76H73Cl8FN14O14S2. The highest BCUT2D eigenvalue weighted by atomic mass is 35.7. The van der Waals surface area contributed by atoms with E-state index in [0.717, 1.165) is 32.4 Å². The third-order valence-corrected chi connectivity index (χ3v) is 22.0. The lowest BCUT2D eigenvalue weighted by Gasteiger charge is -2.23. The second-order valence-electron chi connectivity index (χ2n) is 24.6. The maximum absolute atomic E-state index is 13.7. The molecule has 115 heavy (non-hydrogen) atoms. The van der Waals surface area contributed by atoms with Gasteiger partial charge in [-0.1, -0.05) is 76.5 Å². The minimum Gasteiger partial charge on any atom is -0.496 e. The zero-order chi connectivity index (χ0) is 84.5. The number of fused-ring (bicyclic) bond motifs is 9. The SMILES string of the molecule is CCN(C(=O)c1nn(-c2cc(Cl)cc(Cl)c2)c2c1COc1cc(OC)c(-c3ccn(C)n3)cc1-2)S(=O)(=O)CC.CCNC(=O)c1nn(-c2cc(Cl)cc(Cl)c2)c2c1COc1cc(OC)c(-c3ccn(C)n3)cc1-2.CCS(=O)(=O)Cl.CCl.COc1cc2c(cc1-c1ccn(C)n1)-c1c(c(C(=O)O)nn1-c1cc(Cl)cc(Cl)c1)CO2.[2H]CF. The first kappa shape index (κ1) is 85.8. The van der Waals surface area contributed by atoms with E-state index in [2.05, 4.69) is 58.2 Å². The van der Waals surface area contributed by atoms with E-state index in [1.807, 2.05) is 89.1 Å². The van der Waals surface area contributed by atoms with E-state index in [4.69, 9.17) is 99.4 Å². The van der Waals surface area contributed by atoms with E-state index in [0.29, 0.717) is 144 Å². The average Bonchev–Trinajstić information content (AvgIpc) is 1.57. The Morgan fingerprint density at radius 1 is 0.504 bits per heavy atom. The summed E-state index contributed by atoms with van der Waals surface area (Å²) in [4.78, 5) is 38.5. The molecule has 28 nitrogen and oxygen atoms in total. The number of rotatable bonds is 17. The molecule has 3 aliphatic rings. The molecule has 0 spiro atoms. The Morgan fingerprint density at radius 2 is 0.809 bits per heavy atom. The van der Waals surface area contributed by atoms with Gasteiger partial charge in [0.15, 0.2) is 17.1 Å². The molecule has 0 radical (unpaired) electrons. The molecule has 606 valence electrons. The zero-order valence-corrected chi connectivity index (χ0v) is 70.7. The molecule has 9 heterocycles. The number of benzene rings is 6. The monoisotopic (exact) mass is 1770 g/mol. The Morgan fingerprint density at radius 3 is 1.08 bits per heavy atom. The summed E-state index contributed by atoms with van der Waals surface area (Å²) >= 11 is 42.3. The van der Waals surface area contributed by atoms with E-state index < -0.39 is 38.1 Å². The van der Waals surface area contributed by atoms with Crippen molar-refractivity contribution in [2.45, 2.75) is 47.5 Å². The Labute approximate surface area is 701 Å². The standard InChI is InChI=1S/C26H25Cl2N5O5S.C24H21Cl2N5O3.C22H16Cl2N4O4.C2H5ClO2S.CH3Cl.CH3F/c1-5-32(39(35,36)6-2)26(34)24-20-14-38-23-13-22(37-4)18(21-7-8-31(3)29-21)12-19(23)25(20)33(30-24)17-10-15(27)9-16(28)11-17;1-4-27-24(32)22-18-12-34-21-11-20(33-3)16(19-5-6-30(2)28-19)10-17(21)23(18)31(29-22)15-8-13(25)7-14(26)9-15;1-27-4-3-17(25-27)14-8-15-19(9-18(14)31-2)32-10-16-20(22(29)30)26-28(21(15)16)13-6-11(23)5-12(24)7-13;1-2-6(3,4)5;2*1-2/h7-13H,5-6,14H2,1-4H3;5-11H,4,12H2,1-3H3,(H,27,32);3-9H,10H2,1-2H3,(H,29,30);2H2,1H3;2*1H3/i;;;;;1D. The van der Waals surface area contributed by atoms with Gasteiger partial charge >= 0.3 is 5.97 Å². The average molecular weight is 1770 g/mol. The minimum absolute atomic E-state index is 0.00849. The van der Waals surface area contributed by atoms with E-state index >= 15 is 0 Å². The number of halogens is 9. The maximum Gasteiger partial charge on any atom is 0.356 e. The van der Waals surface area contributed by atoms with Crippen molar-refractivity contribution in [3.63, 3.8) is 0 Å². The van der Waals surface area contributed by atoms with Crippen LogP contribution in [-0.2, 0) is 60.0 Å². The molecule has 0 saturated carbocycles. The number of aryl methyl sites for hydroxylation is 3. The van der Waals surface area contributed by atoms with Crippen molar-refractivity contribution in [1.82, 2.24) is 68.3 Å². The van der Waals surface area contributed by atoms with Crippen LogP contribution >= 0.6 is 91.9 Å². The molecule has 2 N–H and O–H groups in total. The summed E-state index contributed by atoms with van der Waals surface area (Å²) in [5.41, 5.74) is 11.6. The highest BCUT2D eigenvalue weighted by Crippen LogP contribution is 2.50. The molecule has 12 aromatic rings. The van der Waals surface area contributed by atoms with Crippen molar-refractivity contribution in [3.8, 4) is 119 Å². The first-order chi connectivity index (χ1) is 55.3. The number of nitrogens with zero attached hydrogens (tertiary/aromatic N) is 13. The molecule has 0 bridgehead atoms. The van der Waals surface area contributed by atoms with Crippen LogP contribution in [0.2, 0.25) is 30.1 Å². The van der Waals surface area contributed by atoms with Gasteiger partial charge in [-0.05, 0) is 112 Å². The summed E-state index contributed by atoms with van der Waals surface area (Å²) in [6.45, 7) is 7.06.